The Balaban J connectivity index is 0.000000163. The molecular formula is C117H123NO18S6. The van der Waals surface area contributed by atoms with Gasteiger partial charge in [-0.3, -0.25) is 4.79 Å². The first kappa shape index (κ1) is 110. The Morgan fingerprint density at radius 2 is 0.739 bits per heavy atom. The van der Waals surface area contributed by atoms with Gasteiger partial charge in [0, 0.05) is 39.8 Å². The van der Waals surface area contributed by atoms with Crippen LogP contribution in [0, 0.1) is 0 Å². The number of fused-ring (bicyclic) bond motifs is 2. The Morgan fingerprint density at radius 1 is 0.373 bits per heavy atom. The molecule has 0 radical (unpaired) electrons. The number of carbonyl (C=O) groups is 3. The molecule has 0 aromatic heterocycles. The van der Waals surface area contributed by atoms with Crippen molar-refractivity contribution < 1.29 is 81.7 Å². The van der Waals surface area contributed by atoms with Crippen molar-refractivity contribution in [1.82, 2.24) is 0 Å². The minimum atomic E-state index is -4.73. The van der Waals surface area contributed by atoms with Crippen LogP contribution in [0.2, 0.25) is 0 Å². The van der Waals surface area contributed by atoms with Crippen molar-refractivity contribution in [2.75, 3.05) is 49.9 Å². The summed E-state index contributed by atoms with van der Waals surface area (Å²) in [6.45, 7) is 21.8. The lowest BCUT2D eigenvalue weighted by Gasteiger charge is -2.19. The van der Waals surface area contributed by atoms with Gasteiger partial charge in [0.05, 0.1) is 43.1 Å². The van der Waals surface area contributed by atoms with Gasteiger partial charge in [0.15, 0.2) is 54.1 Å². The maximum atomic E-state index is 12.2. The van der Waals surface area contributed by atoms with Gasteiger partial charge >= 0.3 is 11.9 Å². The Morgan fingerprint density at radius 3 is 1.13 bits per heavy atom. The summed E-state index contributed by atoms with van der Waals surface area (Å²) in [6, 6.07) is 118. The first-order valence-corrected chi connectivity index (χ1v) is 55.6. The first-order chi connectivity index (χ1) is 68.2. The standard InChI is InChI=1S/C22H22O6S.C22H23S.C19H23NO5S.C18H20O6S.C18H23OS.C18H15S/c1-3-15(2)16-10-12-18(13-11-16)27-14-21(23)28-19-8-4-6-17-7-5-9-20(22(17)19)29(24,25)26;1-22(2,3)18-14-16-21(17-15-18)23(19-10-6-4-7-11-19)20-12-8-5-9-13-20;1-4-14(2)15-5-9-17(10-6-15)25-13-19(21)20(3)16-7-11-18(12-8-16)26(22,23)24;1-3-13(2)14-4-6-15(7-5-14)23-12-18(19)24-16-8-10-17(11-9-16)25(20,21)22;1-2-3-12-19-17-10-11-18(20-13-6-7-14-20)16-9-5-4-8-15(16)17;1-4-10-16(11-5-1)19(17-12-6-2-7-13-17)18-14-8-3-9-15-18/h4-13,15H,3,14H2,1-2H3,(H,24,25,26);4-17H,1-3H3;5-12,14H,4,13H2,1-3H3,(H,22,23,24);4-11,13H,3,12H2,1-2H3,(H,20,21,22);4-5,8-11H,2-3,6-7,12-14H2,1H3;1-15H/q;+1;;;2*+1/p-3. The number of likely N-dealkylation sites (N-methyl/N-ethyl adjacent to an activating group) is 1. The van der Waals surface area contributed by atoms with E-state index in [0.29, 0.717) is 57.0 Å². The van der Waals surface area contributed by atoms with Crippen LogP contribution in [0.1, 0.15) is 154 Å². The van der Waals surface area contributed by atoms with Crippen molar-refractivity contribution in [3.8, 4) is 34.5 Å². The molecule has 25 heteroatoms. The summed E-state index contributed by atoms with van der Waals surface area (Å²) in [6.07, 6.45) is 8.21. The summed E-state index contributed by atoms with van der Waals surface area (Å²) in [7, 11) is -11.8. The fourth-order valence-corrected chi connectivity index (χ4v) is 23.3. The second-order valence-corrected chi connectivity index (χ2v) is 45.1. The van der Waals surface area contributed by atoms with Crippen molar-refractivity contribution in [1.29, 1.82) is 0 Å². The number of unbranched alkanes of at least 4 members (excludes halogenated alkanes) is 1. The number of hydrogen-bond acceptors (Lipinski definition) is 18. The van der Waals surface area contributed by atoms with Crippen molar-refractivity contribution in [2.24, 2.45) is 0 Å². The maximum absolute atomic E-state index is 12.2. The number of amides is 1. The van der Waals surface area contributed by atoms with Gasteiger partial charge in [-0.1, -0.05) is 258 Å². The van der Waals surface area contributed by atoms with Crippen LogP contribution in [0.3, 0.4) is 0 Å². The maximum Gasteiger partial charge on any atom is 0.349 e. The number of anilines is 1. The molecule has 15 aromatic rings. The summed E-state index contributed by atoms with van der Waals surface area (Å²) < 4.78 is 133. The fraction of sp³-hybridized carbons (Fsp3) is 0.239. The molecule has 1 heterocycles. The topological polar surface area (TPSA) is 281 Å². The third kappa shape index (κ3) is 32.9. The van der Waals surface area contributed by atoms with E-state index in [1.165, 1.54) is 153 Å². The highest BCUT2D eigenvalue weighted by molar-refractivity contribution is 7.97. The van der Waals surface area contributed by atoms with Gasteiger partial charge in [-0.25, -0.2) is 34.8 Å². The summed E-state index contributed by atoms with van der Waals surface area (Å²) in [5, 5.41) is 3.26. The molecule has 3 unspecified atom stereocenters. The van der Waals surface area contributed by atoms with Crippen LogP contribution in [0.25, 0.3) is 21.5 Å². The predicted molar refractivity (Wildman–Crippen MR) is 568 cm³/mol. The van der Waals surface area contributed by atoms with Gasteiger partial charge in [-0.05, 0) is 277 Å². The van der Waals surface area contributed by atoms with E-state index in [1.807, 2.05) is 48.5 Å². The van der Waals surface area contributed by atoms with Crippen molar-refractivity contribution in [3.05, 3.63) is 392 Å². The molecule has 16 rings (SSSR count). The highest BCUT2D eigenvalue weighted by Gasteiger charge is 2.32. The van der Waals surface area contributed by atoms with E-state index in [4.69, 9.17) is 28.4 Å². The van der Waals surface area contributed by atoms with E-state index < -0.39 is 47.2 Å². The van der Waals surface area contributed by atoms with Gasteiger partial charge < -0.3 is 47.0 Å². The monoisotopic (exact) mass is 2020 g/mol. The number of esters is 2. The molecule has 1 fully saturated rings. The lowest BCUT2D eigenvalue weighted by atomic mass is 9.87. The molecule has 19 nitrogen and oxygen atoms in total. The third-order valence-electron chi connectivity index (χ3n) is 23.6. The van der Waals surface area contributed by atoms with Crippen LogP contribution in [-0.4, -0.2) is 102 Å². The number of rotatable bonds is 32. The summed E-state index contributed by atoms with van der Waals surface area (Å²) >= 11 is 0. The molecule has 0 spiro atoms. The largest absolute Gasteiger partial charge is 0.744 e. The molecule has 0 bridgehead atoms. The average molecular weight is 2020 g/mol. The molecule has 3 atom stereocenters. The van der Waals surface area contributed by atoms with E-state index in [0.717, 1.165) is 50.2 Å². The van der Waals surface area contributed by atoms with Crippen molar-refractivity contribution in [3.63, 3.8) is 0 Å². The third-order valence-corrected chi connectivity index (χ3v) is 33.2. The number of nitrogens with zero attached hydrogens (tertiary/aromatic N) is 1. The van der Waals surface area contributed by atoms with Crippen LogP contribution in [0.15, 0.2) is 419 Å². The van der Waals surface area contributed by atoms with Gasteiger partial charge in [0.2, 0.25) is 0 Å². The molecule has 1 amide bonds. The highest BCUT2D eigenvalue weighted by Crippen LogP contribution is 2.39. The minimum absolute atomic E-state index is 0.00163. The minimum Gasteiger partial charge on any atom is -0.744 e. The second-order valence-electron chi connectivity index (χ2n) is 34.7. The van der Waals surface area contributed by atoms with E-state index in [1.54, 1.807) is 54.4 Å². The molecule has 15 aromatic carbocycles. The molecule has 142 heavy (non-hydrogen) atoms. The lowest BCUT2D eigenvalue weighted by molar-refractivity contribution is -0.137. The van der Waals surface area contributed by atoms with Gasteiger partial charge in [-0.2, -0.15) is 0 Å². The van der Waals surface area contributed by atoms with E-state index >= 15 is 0 Å². The fourth-order valence-electron chi connectivity index (χ4n) is 15.0. The van der Waals surface area contributed by atoms with Crippen LogP contribution < -0.4 is 33.3 Å². The van der Waals surface area contributed by atoms with Crippen LogP contribution in [0.4, 0.5) is 5.69 Å². The molecule has 1 aliphatic heterocycles. The highest BCUT2D eigenvalue weighted by atomic mass is 32.2. The Kier molecular flexibility index (Phi) is 41.6. The molecular weight excluding hydrogens is 1900 g/mol. The Bertz CT molecular complexity index is 6710. The number of ether oxygens (including phenoxy) is 6. The van der Waals surface area contributed by atoms with Gasteiger partial charge in [0.25, 0.3) is 5.91 Å². The zero-order valence-electron chi connectivity index (χ0n) is 81.9. The zero-order chi connectivity index (χ0) is 102. The Hall–Kier alpha value is -12.8. The number of benzene rings is 15. The van der Waals surface area contributed by atoms with E-state index in [-0.39, 0.29) is 79.6 Å². The molecule has 740 valence electrons. The first-order valence-electron chi connectivity index (χ1n) is 47.3. The second kappa shape index (κ2) is 53.9. The molecule has 1 saturated heterocycles. The van der Waals surface area contributed by atoms with Gasteiger partial charge in [0.1, 0.15) is 76.4 Å². The Labute approximate surface area is 846 Å². The lowest BCUT2D eigenvalue weighted by Crippen LogP contribution is -2.31. The molecule has 1 aliphatic rings. The summed E-state index contributed by atoms with van der Waals surface area (Å²) in [4.78, 5) is 46.2. The SMILES string of the molecule is CC(C)(C)c1ccc([S+](c2ccccc2)c2ccccc2)cc1.CCC(C)c1ccc(OCC(=O)N(C)c2ccc(S(=O)(=O)[O-])cc2)cc1.CCC(C)c1ccc(OCC(=O)Oc2ccc(S(=O)(=O)[O-])cc2)cc1.CCC(C)c1ccc(OCC(=O)Oc2cccc3cccc(S(=O)(=O)[O-])c23)cc1.CCCCOc1ccc([S+]2CCCC2)c2ccccc12.c1ccc([S+](c2ccccc2)c2ccccc2)cc1. The normalized spacial score (nSPS) is 12.6. The molecule has 0 saturated carbocycles. The van der Waals surface area contributed by atoms with Gasteiger partial charge in [-0.15, -0.1) is 0 Å². The van der Waals surface area contributed by atoms with Crippen LogP contribution in [-0.2, 0) is 82.8 Å². The van der Waals surface area contributed by atoms with E-state index in [9.17, 15) is 53.3 Å². The summed E-state index contributed by atoms with van der Waals surface area (Å²) in [5.74, 6) is 5.34. The van der Waals surface area contributed by atoms with Crippen LogP contribution >= 0.6 is 0 Å². The zero-order valence-corrected chi connectivity index (χ0v) is 86.8. The summed E-state index contributed by atoms with van der Waals surface area (Å²) in [5.41, 5.74) is 5.65. The smallest absolute Gasteiger partial charge is 0.349 e. The van der Waals surface area contributed by atoms with Crippen LogP contribution in [0.5, 0.6) is 34.5 Å². The van der Waals surface area contributed by atoms with Crippen molar-refractivity contribution >= 4 is 108 Å². The van der Waals surface area contributed by atoms with Crippen molar-refractivity contribution in [2.45, 2.75) is 186 Å². The number of hydrogen-bond donors (Lipinski definition) is 0. The number of carbonyl (C=O) groups excluding carboxylic acids is 3. The average Bonchev–Trinajstić information content (AvgIpc) is 1.03. The quantitative estimate of drug-likeness (QED) is 0.0124. The molecule has 0 aliphatic carbocycles. The molecule has 0 N–H and O–H groups in total. The van der Waals surface area contributed by atoms with E-state index in [2.05, 4.69) is 282 Å². The predicted octanol–water partition coefficient (Wildman–Crippen LogP) is 26.1.